The van der Waals surface area contributed by atoms with E-state index in [1.54, 1.807) is 28.8 Å². The van der Waals surface area contributed by atoms with Gasteiger partial charge >= 0.3 is 0 Å². The number of carbonyl (C=O) groups excluding carboxylic acids is 2. The SMILES string of the molecule is O=C(NC1CC1)[C@H]1CS[C@@H](C2CCCCC2)N1C(=O)c1cccc(F)c1. The van der Waals surface area contributed by atoms with E-state index in [0.29, 0.717) is 17.2 Å². The molecule has 0 aromatic heterocycles. The lowest BCUT2D eigenvalue weighted by Gasteiger charge is -2.35. The molecule has 2 atom stereocenters. The zero-order valence-corrected chi connectivity index (χ0v) is 15.6. The summed E-state index contributed by atoms with van der Waals surface area (Å²) in [5, 5.41) is 3.06. The summed E-state index contributed by atoms with van der Waals surface area (Å²) in [4.78, 5) is 27.7. The van der Waals surface area contributed by atoms with Crippen molar-refractivity contribution in [1.29, 1.82) is 0 Å². The third-order valence-corrected chi connectivity index (χ3v) is 7.08. The minimum absolute atomic E-state index is 0.0148. The second kappa shape index (κ2) is 7.59. The molecule has 2 saturated carbocycles. The summed E-state index contributed by atoms with van der Waals surface area (Å²) in [5.41, 5.74) is 0.331. The molecule has 1 N–H and O–H groups in total. The van der Waals surface area contributed by atoms with Crippen LogP contribution >= 0.6 is 11.8 Å². The van der Waals surface area contributed by atoms with Crippen molar-refractivity contribution in [3.05, 3.63) is 35.6 Å². The molecular formula is C20H25FN2O2S. The van der Waals surface area contributed by atoms with Gasteiger partial charge in [-0.1, -0.05) is 25.3 Å². The van der Waals surface area contributed by atoms with Crippen LogP contribution in [0.3, 0.4) is 0 Å². The number of benzene rings is 1. The number of hydrogen-bond acceptors (Lipinski definition) is 3. The number of amides is 2. The van der Waals surface area contributed by atoms with Crippen LogP contribution in [0.1, 0.15) is 55.3 Å². The molecule has 4 rings (SSSR count). The molecule has 0 unspecified atom stereocenters. The minimum Gasteiger partial charge on any atom is -0.352 e. The van der Waals surface area contributed by atoms with Crippen molar-refractivity contribution in [3.63, 3.8) is 0 Å². The van der Waals surface area contributed by atoms with Gasteiger partial charge in [-0.05, 0) is 49.8 Å². The number of hydrogen-bond donors (Lipinski definition) is 1. The second-order valence-electron chi connectivity index (χ2n) is 7.64. The number of nitrogens with zero attached hydrogens (tertiary/aromatic N) is 1. The van der Waals surface area contributed by atoms with Gasteiger partial charge in [0, 0.05) is 17.4 Å². The monoisotopic (exact) mass is 376 g/mol. The van der Waals surface area contributed by atoms with Crippen molar-refractivity contribution in [2.45, 2.75) is 62.4 Å². The maximum atomic E-state index is 13.6. The quantitative estimate of drug-likeness (QED) is 0.874. The van der Waals surface area contributed by atoms with E-state index in [1.807, 2.05) is 0 Å². The Hall–Kier alpha value is -1.56. The van der Waals surface area contributed by atoms with Gasteiger partial charge in [0.2, 0.25) is 5.91 Å². The van der Waals surface area contributed by atoms with E-state index in [4.69, 9.17) is 0 Å². The Kier molecular flexibility index (Phi) is 5.20. The van der Waals surface area contributed by atoms with Gasteiger partial charge in [0.1, 0.15) is 11.9 Å². The molecule has 1 saturated heterocycles. The summed E-state index contributed by atoms with van der Waals surface area (Å²) >= 11 is 1.72. The lowest BCUT2D eigenvalue weighted by atomic mass is 9.88. The zero-order valence-electron chi connectivity index (χ0n) is 14.8. The molecule has 0 spiro atoms. The fourth-order valence-corrected chi connectivity index (χ4v) is 5.70. The van der Waals surface area contributed by atoms with Crippen molar-refractivity contribution in [1.82, 2.24) is 10.2 Å². The standard InChI is InChI=1S/C20H25FN2O2S/c21-15-8-4-7-14(11-15)19(25)23-17(18(24)22-16-9-10-16)12-26-20(23)13-5-2-1-3-6-13/h4,7-8,11,13,16-17,20H,1-3,5-6,9-10,12H2,(H,22,24)/t17-,20+/m1/s1. The van der Waals surface area contributed by atoms with Gasteiger partial charge in [-0.2, -0.15) is 0 Å². The first-order valence-corrected chi connectivity index (χ1v) is 10.7. The molecule has 0 radical (unpaired) electrons. The average Bonchev–Trinajstić information content (AvgIpc) is 3.35. The number of thioether (sulfide) groups is 1. The molecule has 2 amide bonds. The fourth-order valence-electron chi connectivity index (χ4n) is 4.06. The first-order chi connectivity index (χ1) is 12.6. The Bertz CT molecular complexity index is 688. The Labute approximate surface area is 157 Å². The highest BCUT2D eigenvalue weighted by Crippen LogP contribution is 2.41. The van der Waals surface area contributed by atoms with Crippen LogP contribution in [-0.2, 0) is 4.79 Å². The van der Waals surface area contributed by atoms with E-state index in [9.17, 15) is 14.0 Å². The third kappa shape index (κ3) is 3.75. The number of nitrogens with one attached hydrogen (secondary N) is 1. The smallest absolute Gasteiger partial charge is 0.255 e. The van der Waals surface area contributed by atoms with Crippen molar-refractivity contribution in [3.8, 4) is 0 Å². The van der Waals surface area contributed by atoms with Crippen LogP contribution in [0.2, 0.25) is 0 Å². The van der Waals surface area contributed by atoms with Gasteiger partial charge in [0.05, 0.1) is 5.37 Å². The van der Waals surface area contributed by atoms with E-state index < -0.39 is 11.9 Å². The molecular weight excluding hydrogens is 351 g/mol. The molecule has 1 aromatic rings. The van der Waals surface area contributed by atoms with Crippen molar-refractivity contribution in [2.24, 2.45) is 5.92 Å². The molecule has 6 heteroatoms. The molecule has 1 aliphatic heterocycles. The van der Waals surface area contributed by atoms with E-state index in [0.717, 1.165) is 25.7 Å². The van der Waals surface area contributed by atoms with Gasteiger partial charge in [0.25, 0.3) is 5.91 Å². The highest BCUT2D eigenvalue weighted by atomic mass is 32.2. The van der Waals surface area contributed by atoms with Crippen LogP contribution < -0.4 is 5.32 Å². The molecule has 3 aliphatic rings. The summed E-state index contributed by atoms with van der Waals surface area (Å²) in [6, 6.07) is 5.63. The molecule has 26 heavy (non-hydrogen) atoms. The molecule has 4 nitrogen and oxygen atoms in total. The molecule has 1 heterocycles. The van der Waals surface area contributed by atoms with Crippen molar-refractivity contribution in [2.75, 3.05) is 5.75 Å². The summed E-state index contributed by atoms with van der Waals surface area (Å²) in [7, 11) is 0. The highest BCUT2D eigenvalue weighted by Gasteiger charge is 2.45. The number of halogens is 1. The summed E-state index contributed by atoms with van der Waals surface area (Å²) in [6.07, 6.45) is 7.86. The third-order valence-electron chi connectivity index (χ3n) is 5.62. The molecule has 140 valence electrons. The summed E-state index contributed by atoms with van der Waals surface area (Å²) in [6.45, 7) is 0. The fraction of sp³-hybridized carbons (Fsp3) is 0.600. The molecule has 3 fully saturated rings. The van der Waals surface area contributed by atoms with Crippen LogP contribution in [0, 0.1) is 11.7 Å². The summed E-state index contributed by atoms with van der Waals surface area (Å²) in [5.74, 6) is 0.353. The lowest BCUT2D eigenvalue weighted by molar-refractivity contribution is -0.125. The van der Waals surface area contributed by atoms with Gasteiger partial charge < -0.3 is 10.2 Å². The largest absolute Gasteiger partial charge is 0.352 e. The van der Waals surface area contributed by atoms with Gasteiger partial charge in [0.15, 0.2) is 0 Å². The van der Waals surface area contributed by atoms with Crippen molar-refractivity contribution < 1.29 is 14.0 Å². The predicted octanol–water partition coefficient (Wildman–Crippen LogP) is 3.57. The number of rotatable bonds is 4. The predicted molar refractivity (Wildman–Crippen MR) is 100 cm³/mol. The van der Waals surface area contributed by atoms with E-state index in [1.165, 1.54) is 31.4 Å². The summed E-state index contributed by atoms with van der Waals surface area (Å²) < 4.78 is 13.6. The highest BCUT2D eigenvalue weighted by molar-refractivity contribution is 8.00. The van der Waals surface area contributed by atoms with E-state index >= 15 is 0 Å². The van der Waals surface area contributed by atoms with Gasteiger partial charge in [-0.25, -0.2) is 4.39 Å². The van der Waals surface area contributed by atoms with Crippen LogP contribution in [0.15, 0.2) is 24.3 Å². The first kappa shape index (κ1) is 17.8. The van der Waals surface area contributed by atoms with Crippen LogP contribution in [0.4, 0.5) is 4.39 Å². The first-order valence-electron chi connectivity index (χ1n) is 9.63. The Morgan fingerprint density at radius 1 is 1.12 bits per heavy atom. The van der Waals surface area contributed by atoms with Crippen molar-refractivity contribution >= 4 is 23.6 Å². The average molecular weight is 376 g/mol. The van der Waals surface area contributed by atoms with Gasteiger partial charge in [-0.3, -0.25) is 9.59 Å². The normalized spacial score (nSPS) is 26.7. The molecule has 0 bridgehead atoms. The lowest BCUT2D eigenvalue weighted by Crippen LogP contribution is -2.51. The van der Waals surface area contributed by atoms with E-state index in [2.05, 4.69) is 5.32 Å². The molecule has 2 aliphatic carbocycles. The maximum absolute atomic E-state index is 13.6. The number of carbonyl (C=O) groups is 2. The van der Waals surface area contributed by atoms with Crippen LogP contribution in [0.5, 0.6) is 0 Å². The van der Waals surface area contributed by atoms with Gasteiger partial charge in [-0.15, -0.1) is 11.8 Å². The topological polar surface area (TPSA) is 49.4 Å². The second-order valence-corrected chi connectivity index (χ2v) is 8.79. The Balaban J connectivity index is 1.59. The van der Waals surface area contributed by atoms with Crippen LogP contribution in [-0.4, -0.2) is 39.9 Å². The van der Waals surface area contributed by atoms with Crippen LogP contribution in [0.25, 0.3) is 0 Å². The zero-order chi connectivity index (χ0) is 18.1. The Morgan fingerprint density at radius 3 is 2.58 bits per heavy atom. The molecule has 1 aromatic carbocycles. The minimum atomic E-state index is -0.455. The Morgan fingerprint density at radius 2 is 1.88 bits per heavy atom. The van der Waals surface area contributed by atoms with E-state index in [-0.39, 0.29) is 23.2 Å². The maximum Gasteiger partial charge on any atom is 0.255 e.